The van der Waals surface area contributed by atoms with Crippen molar-refractivity contribution in [2.24, 2.45) is 4.99 Å². The fourth-order valence-electron chi connectivity index (χ4n) is 4.37. The summed E-state index contributed by atoms with van der Waals surface area (Å²) >= 11 is 4.63. The van der Waals surface area contributed by atoms with Gasteiger partial charge in [-0.25, -0.2) is 14.6 Å². The highest BCUT2D eigenvalue weighted by molar-refractivity contribution is 9.10. The molecule has 0 radical (unpaired) electrons. The molecule has 0 aliphatic carbocycles. The van der Waals surface area contributed by atoms with E-state index in [1.807, 2.05) is 6.07 Å². The van der Waals surface area contributed by atoms with Crippen molar-refractivity contribution in [2.45, 2.75) is 26.8 Å². The molecule has 0 unspecified atom stereocenters. The second-order valence-corrected chi connectivity index (χ2v) is 10.8. The first kappa shape index (κ1) is 31.5. The second kappa shape index (κ2) is 14.2. The lowest BCUT2D eigenvalue weighted by Gasteiger charge is -2.25. The quantitative estimate of drug-likeness (QED) is 0.281. The molecule has 224 valence electrons. The summed E-state index contributed by atoms with van der Waals surface area (Å²) in [6.45, 7) is 5.23. The average molecular weight is 671 g/mol. The van der Waals surface area contributed by atoms with Gasteiger partial charge in [-0.1, -0.05) is 23.5 Å². The number of fused-ring (bicyclic) bond motifs is 1. The van der Waals surface area contributed by atoms with Crippen molar-refractivity contribution in [3.63, 3.8) is 0 Å². The van der Waals surface area contributed by atoms with Gasteiger partial charge in [-0.15, -0.1) is 0 Å². The molecule has 0 spiro atoms. The van der Waals surface area contributed by atoms with Gasteiger partial charge in [0.25, 0.3) is 5.56 Å². The van der Waals surface area contributed by atoms with E-state index in [1.165, 1.54) is 23.0 Å². The minimum absolute atomic E-state index is 0.0951. The minimum atomic E-state index is -0.875. The molecular weight excluding hydrogens is 642 g/mol. The zero-order chi connectivity index (χ0) is 31.1. The number of carbonyl (C=O) groups is 2. The van der Waals surface area contributed by atoms with E-state index in [9.17, 15) is 14.4 Å². The van der Waals surface area contributed by atoms with E-state index in [4.69, 9.17) is 24.2 Å². The molecule has 13 heteroatoms. The summed E-state index contributed by atoms with van der Waals surface area (Å²) in [5, 5.41) is 8.79. The molecule has 0 amide bonds. The van der Waals surface area contributed by atoms with Crippen LogP contribution in [0.3, 0.4) is 0 Å². The first-order valence-corrected chi connectivity index (χ1v) is 14.8. The van der Waals surface area contributed by atoms with Gasteiger partial charge < -0.3 is 23.7 Å². The number of methoxy groups -OCH3 is 1. The number of aromatic nitrogens is 1. The summed E-state index contributed by atoms with van der Waals surface area (Å²) in [5.41, 5.74) is 1.55. The number of nitriles is 1. The molecule has 43 heavy (non-hydrogen) atoms. The molecule has 1 aliphatic heterocycles. The van der Waals surface area contributed by atoms with E-state index >= 15 is 0 Å². The molecule has 11 nitrogen and oxygen atoms in total. The standard InChI is InChI=1S/C30H28BrN3O8S/c1-5-39-23-15-19(8-10-22(23)42-16-25(35)38-4)27-26(29(37)40-6-2)17(3)33-30-34(27)28(36)24(43-30)14-18-7-9-21(20(31)13-18)41-12-11-32/h7-10,13-15,27H,5-6,12,16H2,1-4H3/b24-14-/t27-/m0/s1. The number of halogens is 1. The van der Waals surface area contributed by atoms with Gasteiger partial charge in [-0.3, -0.25) is 9.36 Å². The Labute approximate surface area is 259 Å². The van der Waals surface area contributed by atoms with Crippen LogP contribution in [0.15, 0.2) is 61.9 Å². The number of esters is 2. The number of benzene rings is 2. The predicted molar refractivity (Wildman–Crippen MR) is 161 cm³/mol. The van der Waals surface area contributed by atoms with Crippen LogP contribution in [0.1, 0.15) is 37.9 Å². The van der Waals surface area contributed by atoms with Crippen LogP contribution < -0.4 is 29.1 Å². The van der Waals surface area contributed by atoms with Crippen LogP contribution in [0, 0.1) is 11.3 Å². The van der Waals surface area contributed by atoms with E-state index in [2.05, 4.69) is 25.7 Å². The van der Waals surface area contributed by atoms with Crippen molar-refractivity contribution in [3.05, 3.63) is 83.0 Å². The Morgan fingerprint density at radius 2 is 1.86 bits per heavy atom. The van der Waals surface area contributed by atoms with E-state index in [-0.39, 0.29) is 31.0 Å². The molecule has 3 aromatic rings. The number of thiazole rings is 1. The van der Waals surface area contributed by atoms with E-state index < -0.39 is 18.0 Å². The number of hydrogen-bond acceptors (Lipinski definition) is 11. The first-order chi connectivity index (χ1) is 20.7. The molecule has 2 heterocycles. The number of nitrogens with zero attached hydrogens (tertiary/aromatic N) is 3. The van der Waals surface area contributed by atoms with Crippen LogP contribution in [0.25, 0.3) is 6.08 Å². The normalized spacial score (nSPS) is 14.3. The molecular formula is C30H28BrN3O8S. The van der Waals surface area contributed by atoms with Gasteiger partial charge in [0.1, 0.15) is 11.8 Å². The number of rotatable bonds is 11. The van der Waals surface area contributed by atoms with Crippen molar-refractivity contribution >= 4 is 45.3 Å². The highest BCUT2D eigenvalue weighted by Crippen LogP contribution is 2.36. The van der Waals surface area contributed by atoms with Crippen molar-refractivity contribution < 1.29 is 33.3 Å². The maximum absolute atomic E-state index is 13.9. The lowest BCUT2D eigenvalue weighted by atomic mass is 9.95. The van der Waals surface area contributed by atoms with Crippen LogP contribution in [0.2, 0.25) is 0 Å². The summed E-state index contributed by atoms with van der Waals surface area (Å²) in [5.74, 6) is -0.0249. The van der Waals surface area contributed by atoms with Crippen molar-refractivity contribution in [2.75, 3.05) is 33.5 Å². The Bertz CT molecular complexity index is 1800. The minimum Gasteiger partial charge on any atom is -0.490 e. The first-order valence-electron chi connectivity index (χ1n) is 13.2. The molecule has 0 bridgehead atoms. The van der Waals surface area contributed by atoms with Crippen LogP contribution in [-0.4, -0.2) is 50.0 Å². The second-order valence-electron chi connectivity index (χ2n) is 8.94. The highest BCUT2D eigenvalue weighted by atomic mass is 79.9. The van der Waals surface area contributed by atoms with E-state index in [0.29, 0.717) is 54.5 Å². The molecule has 0 fully saturated rings. The van der Waals surface area contributed by atoms with Gasteiger partial charge in [0.2, 0.25) is 0 Å². The summed E-state index contributed by atoms with van der Waals surface area (Å²) in [7, 11) is 1.26. The van der Waals surface area contributed by atoms with Crippen LogP contribution in [0.5, 0.6) is 17.2 Å². The highest BCUT2D eigenvalue weighted by Gasteiger charge is 2.34. The third kappa shape index (κ3) is 6.98. The lowest BCUT2D eigenvalue weighted by Crippen LogP contribution is -2.40. The van der Waals surface area contributed by atoms with Gasteiger partial charge in [0.15, 0.2) is 29.5 Å². The number of ether oxygens (including phenoxy) is 5. The van der Waals surface area contributed by atoms with Gasteiger partial charge in [-0.05, 0) is 78.2 Å². The molecule has 1 atom stereocenters. The van der Waals surface area contributed by atoms with Gasteiger partial charge in [0, 0.05) is 0 Å². The SMILES string of the molecule is CCOC(=O)C1=C(C)N=c2s/c(=C\c3ccc(OCC#N)c(Br)c3)c(=O)n2[C@H]1c1ccc(OCC(=O)OC)c(OCC)c1. The van der Waals surface area contributed by atoms with Crippen LogP contribution in [0.4, 0.5) is 0 Å². The van der Waals surface area contributed by atoms with Crippen LogP contribution in [-0.2, 0) is 19.1 Å². The Morgan fingerprint density at radius 1 is 1.09 bits per heavy atom. The van der Waals surface area contributed by atoms with Crippen LogP contribution >= 0.6 is 27.3 Å². The van der Waals surface area contributed by atoms with E-state index in [1.54, 1.807) is 63.2 Å². The van der Waals surface area contributed by atoms with Crippen molar-refractivity contribution in [1.29, 1.82) is 5.26 Å². The molecule has 0 saturated heterocycles. The average Bonchev–Trinajstić information content (AvgIpc) is 3.29. The molecule has 1 aliphatic rings. The maximum Gasteiger partial charge on any atom is 0.343 e. The third-order valence-electron chi connectivity index (χ3n) is 6.22. The molecule has 0 saturated carbocycles. The Kier molecular flexibility index (Phi) is 10.4. The Hall–Kier alpha value is -4.41. The van der Waals surface area contributed by atoms with Gasteiger partial charge in [0.05, 0.1) is 46.6 Å². The van der Waals surface area contributed by atoms with Crippen molar-refractivity contribution in [1.82, 2.24) is 4.57 Å². The number of hydrogen-bond donors (Lipinski definition) is 0. The summed E-state index contributed by atoms with van der Waals surface area (Å²) in [6.07, 6.45) is 1.72. The fourth-order valence-corrected chi connectivity index (χ4v) is 5.93. The van der Waals surface area contributed by atoms with Crippen molar-refractivity contribution in [3.8, 4) is 23.3 Å². The summed E-state index contributed by atoms with van der Waals surface area (Å²) in [6, 6.07) is 11.3. The Balaban J connectivity index is 1.86. The third-order valence-corrected chi connectivity index (χ3v) is 7.82. The number of allylic oxidation sites excluding steroid dienone is 1. The lowest BCUT2D eigenvalue weighted by molar-refractivity contribution is -0.143. The predicted octanol–water partition coefficient (Wildman–Crippen LogP) is 3.41. The largest absolute Gasteiger partial charge is 0.490 e. The van der Waals surface area contributed by atoms with Gasteiger partial charge >= 0.3 is 11.9 Å². The molecule has 4 rings (SSSR count). The zero-order valence-corrected chi connectivity index (χ0v) is 26.2. The summed E-state index contributed by atoms with van der Waals surface area (Å²) in [4.78, 5) is 43.8. The monoisotopic (exact) mass is 669 g/mol. The molecule has 0 N–H and O–H groups in total. The zero-order valence-electron chi connectivity index (χ0n) is 23.8. The Morgan fingerprint density at radius 3 is 2.53 bits per heavy atom. The molecule has 1 aromatic heterocycles. The fraction of sp³-hybridized carbons (Fsp3) is 0.300. The van der Waals surface area contributed by atoms with Gasteiger partial charge in [-0.2, -0.15) is 5.26 Å². The molecule has 2 aromatic carbocycles. The number of carbonyl (C=O) groups excluding carboxylic acids is 2. The smallest absolute Gasteiger partial charge is 0.343 e. The topological polar surface area (TPSA) is 138 Å². The summed E-state index contributed by atoms with van der Waals surface area (Å²) < 4.78 is 29.3. The maximum atomic E-state index is 13.9. The van der Waals surface area contributed by atoms with E-state index in [0.717, 1.165) is 0 Å².